The number of benzene rings is 1. The van der Waals surface area contributed by atoms with Crippen LogP contribution in [0.25, 0.3) is 0 Å². The van der Waals surface area contributed by atoms with Crippen molar-refractivity contribution in [3.8, 4) is 11.8 Å². The molecule has 0 spiro atoms. The Hall–Kier alpha value is -1.89. The first-order valence-corrected chi connectivity index (χ1v) is 6.32. The van der Waals surface area contributed by atoms with Crippen molar-refractivity contribution in [1.82, 2.24) is 4.90 Å². The van der Waals surface area contributed by atoms with Gasteiger partial charge in [0.2, 0.25) is 0 Å². The van der Waals surface area contributed by atoms with Gasteiger partial charge in [-0.15, -0.1) is 0 Å². The van der Waals surface area contributed by atoms with Gasteiger partial charge >= 0.3 is 0 Å². The lowest BCUT2D eigenvalue weighted by Crippen LogP contribution is -2.38. The van der Waals surface area contributed by atoms with Crippen molar-refractivity contribution >= 4 is 5.91 Å². The van der Waals surface area contributed by atoms with Gasteiger partial charge in [0.05, 0.1) is 6.04 Å². The van der Waals surface area contributed by atoms with E-state index in [1.54, 1.807) is 11.8 Å². The van der Waals surface area contributed by atoms with E-state index in [9.17, 15) is 13.6 Å². The van der Waals surface area contributed by atoms with Gasteiger partial charge in [0.25, 0.3) is 5.91 Å². The number of rotatable bonds is 1. The summed E-state index contributed by atoms with van der Waals surface area (Å²) in [5.41, 5.74) is 0.368. The van der Waals surface area contributed by atoms with Gasteiger partial charge < -0.3 is 4.90 Å². The van der Waals surface area contributed by atoms with Gasteiger partial charge in [-0.3, -0.25) is 4.79 Å². The Morgan fingerprint density at radius 3 is 2.84 bits per heavy atom. The van der Waals surface area contributed by atoms with Gasteiger partial charge in [-0.25, -0.2) is 8.78 Å². The quantitative estimate of drug-likeness (QED) is 0.713. The molecule has 1 aromatic carbocycles. The minimum absolute atomic E-state index is 0.295. The topological polar surface area (TPSA) is 20.3 Å². The van der Waals surface area contributed by atoms with Crippen LogP contribution in [-0.4, -0.2) is 17.4 Å². The zero-order valence-corrected chi connectivity index (χ0v) is 10.7. The van der Waals surface area contributed by atoms with Crippen molar-refractivity contribution in [2.75, 3.05) is 6.54 Å². The summed E-state index contributed by atoms with van der Waals surface area (Å²) in [5, 5.41) is 0. The fourth-order valence-electron chi connectivity index (χ4n) is 2.45. The number of amides is 1. The van der Waals surface area contributed by atoms with Crippen LogP contribution >= 0.6 is 0 Å². The molecular weight excluding hydrogens is 248 g/mol. The zero-order chi connectivity index (χ0) is 13.8. The lowest BCUT2D eigenvalue weighted by Gasteiger charge is -2.34. The van der Waals surface area contributed by atoms with E-state index < -0.39 is 11.6 Å². The Morgan fingerprint density at radius 1 is 1.37 bits per heavy atom. The largest absolute Gasteiger partial charge is 0.325 e. The maximum atomic E-state index is 13.8. The molecule has 0 aliphatic carbocycles. The van der Waals surface area contributed by atoms with Gasteiger partial charge in [0.15, 0.2) is 0 Å². The minimum Gasteiger partial charge on any atom is -0.325 e. The Kier molecular flexibility index (Phi) is 4.16. The van der Waals surface area contributed by atoms with Crippen molar-refractivity contribution in [1.29, 1.82) is 0 Å². The van der Waals surface area contributed by atoms with E-state index in [0.29, 0.717) is 18.5 Å². The van der Waals surface area contributed by atoms with E-state index >= 15 is 0 Å². The van der Waals surface area contributed by atoms with Gasteiger partial charge in [0.1, 0.15) is 11.6 Å². The first-order chi connectivity index (χ1) is 9.13. The molecular formula is C15H15F2NO. The van der Waals surface area contributed by atoms with Crippen molar-refractivity contribution in [2.24, 2.45) is 0 Å². The molecule has 0 unspecified atom stereocenters. The molecule has 2 nitrogen and oxygen atoms in total. The number of likely N-dealkylation sites (tertiary alicyclic amines) is 1. The predicted molar refractivity (Wildman–Crippen MR) is 68.1 cm³/mol. The van der Waals surface area contributed by atoms with Crippen LogP contribution in [0.3, 0.4) is 0 Å². The monoisotopic (exact) mass is 263 g/mol. The smallest absolute Gasteiger partial charge is 0.298 e. The highest BCUT2D eigenvalue weighted by Crippen LogP contribution is 2.32. The van der Waals surface area contributed by atoms with Crippen LogP contribution in [0.5, 0.6) is 0 Å². The van der Waals surface area contributed by atoms with Crippen molar-refractivity contribution in [2.45, 2.75) is 32.2 Å². The number of carbonyl (C=O) groups is 1. The van der Waals surface area contributed by atoms with Crippen LogP contribution in [0.1, 0.15) is 37.8 Å². The molecule has 100 valence electrons. The second-order valence-corrected chi connectivity index (χ2v) is 4.55. The third kappa shape index (κ3) is 2.93. The van der Waals surface area contributed by atoms with E-state index in [1.165, 1.54) is 12.1 Å². The number of carbonyl (C=O) groups excluding carboxylic acids is 1. The summed E-state index contributed by atoms with van der Waals surface area (Å²) in [6.45, 7) is 2.16. The average Bonchev–Trinajstić information content (AvgIpc) is 2.39. The van der Waals surface area contributed by atoms with E-state index in [0.717, 1.165) is 18.9 Å². The van der Waals surface area contributed by atoms with Gasteiger partial charge in [0, 0.05) is 18.2 Å². The number of halogens is 2. The maximum Gasteiger partial charge on any atom is 0.298 e. The molecule has 0 aromatic heterocycles. The van der Waals surface area contributed by atoms with Crippen molar-refractivity contribution in [3.63, 3.8) is 0 Å². The minimum atomic E-state index is -0.608. The Labute approximate surface area is 111 Å². The van der Waals surface area contributed by atoms with E-state index in [1.807, 2.05) is 0 Å². The van der Waals surface area contributed by atoms with E-state index in [4.69, 9.17) is 0 Å². The van der Waals surface area contributed by atoms with Gasteiger partial charge in [-0.2, -0.15) is 0 Å². The first kappa shape index (κ1) is 13.5. The maximum absolute atomic E-state index is 13.8. The molecule has 1 fully saturated rings. The average molecular weight is 263 g/mol. The number of nitrogens with zero attached hydrogens (tertiary/aromatic N) is 1. The first-order valence-electron chi connectivity index (χ1n) is 6.32. The molecule has 1 aliphatic heterocycles. The summed E-state index contributed by atoms with van der Waals surface area (Å²) in [7, 11) is 0. The lowest BCUT2D eigenvalue weighted by atomic mass is 9.94. The SMILES string of the molecule is CC#CC(=O)N1CCCC[C@@H]1c1ccc(F)cc1F. The zero-order valence-electron chi connectivity index (χ0n) is 10.7. The molecule has 1 amide bonds. The standard InChI is InChI=1S/C15H15F2NO/c1-2-5-15(19)18-9-4-3-6-14(18)12-8-7-11(16)10-13(12)17/h7-8,10,14H,3-4,6,9H2,1H3/t14-/m1/s1. The van der Waals surface area contributed by atoms with Crippen LogP contribution in [0.15, 0.2) is 18.2 Å². The molecule has 0 saturated carbocycles. The van der Waals surface area contributed by atoms with Crippen LogP contribution in [0.2, 0.25) is 0 Å². The van der Waals surface area contributed by atoms with E-state index in [2.05, 4.69) is 11.8 Å². The van der Waals surface area contributed by atoms with Gasteiger partial charge in [-0.1, -0.05) is 12.0 Å². The summed E-state index contributed by atoms with van der Waals surface area (Å²) < 4.78 is 26.8. The molecule has 19 heavy (non-hydrogen) atoms. The summed E-state index contributed by atoms with van der Waals surface area (Å²) in [6.07, 6.45) is 2.49. The Bertz CT molecular complexity index is 545. The summed E-state index contributed by atoms with van der Waals surface area (Å²) >= 11 is 0. The van der Waals surface area contributed by atoms with Crippen molar-refractivity contribution in [3.05, 3.63) is 35.4 Å². The summed E-state index contributed by atoms with van der Waals surface area (Å²) in [5.74, 6) is 3.55. The highest BCUT2D eigenvalue weighted by molar-refractivity contribution is 5.93. The third-order valence-electron chi connectivity index (χ3n) is 3.32. The Morgan fingerprint density at radius 2 is 2.16 bits per heavy atom. The molecule has 1 aromatic rings. The van der Waals surface area contributed by atoms with Crippen molar-refractivity contribution < 1.29 is 13.6 Å². The number of hydrogen-bond donors (Lipinski definition) is 0. The van der Waals surface area contributed by atoms with Gasteiger partial charge in [-0.05, 0) is 38.2 Å². The predicted octanol–water partition coefficient (Wildman–Crippen LogP) is 3.04. The fourth-order valence-corrected chi connectivity index (χ4v) is 2.45. The lowest BCUT2D eigenvalue weighted by molar-refractivity contribution is -0.128. The molecule has 1 saturated heterocycles. The second kappa shape index (κ2) is 5.83. The van der Waals surface area contributed by atoms with Crippen LogP contribution < -0.4 is 0 Å². The molecule has 1 aliphatic rings. The third-order valence-corrected chi connectivity index (χ3v) is 3.32. The number of hydrogen-bond acceptors (Lipinski definition) is 1. The highest BCUT2D eigenvalue weighted by atomic mass is 19.1. The molecule has 1 atom stereocenters. The summed E-state index contributed by atoms with van der Waals surface area (Å²) in [6, 6.07) is 3.15. The molecule has 4 heteroatoms. The van der Waals surface area contributed by atoms with Crippen LogP contribution in [-0.2, 0) is 4.79 Å². The van der Waals surface area contributed by atoms with Crippen LogP contribution in [0, 0.1) is 23.5 Å². The fraction of sp³-hybridized carbons (Fsp3) is 0.400. The molecule has 0 bridgehead atoms. The van der Waals surface area contributed by atoms with Crippen LogP contribution in [0.4, 0.5) is 8.78 Å². The second-order valence-electron chi connectivity index (χ2n) is 4.55. The Balaban J connectivity index is 2.33. The summed E-state index contributed by atoms with van der Waals surface area (Å²) in [4.78, 5) is 13.5. The number of piperidine rings is 1. The molecule has 0 radical (unpaired) electrons. The normalized spacial score (nSPS) is 18.7. The molecule has 1 heterocycles. The van der Waals surface area contributed by atoms with E-state index in [-0.39, 0.29) is 11.9 Å². The highest BCUT2D eigenvalue weighted by Gasteiger charge is 2.29. The molecule has 2 rings (SSSR count). The molecule has 0 N–H and O–H groups in total.